The maximum Gasteiger partial charge on any atom is 0.317 e. The molecule has 1 N–H and O–H groups in total. The van der Waals surface area contributed by atoms with Crippen molar-refractivity contribution in [2.75, 3.05) is 0 Å². The highest BCUT2D eigenvalue weighted by molar-refractivity contribution is 8.14. The van der Waals surface area contributed by atoms with Gasteiger partial charge in [0.25, 0.3) is 0 Å². The number of carboxylic acids is 1. The number of carboxylic acid groups (broad SMARTS) is 1. The number of hydrogen-bond donors (Lipinski definition) is 1. The molecular weight excluding hydrogens is 399 g/mol. The molecule has 0 aliphatic heterocycles. The van der Waals surface area contributed by atoms with E-state index in [0.29, 0.717) is 38.9 Å². The predicted molar refractivity (Wildman–Crippen MR) is 102 cm³/mol. The summed E-state index contributed by atoms with van der Waals surface area (Å²) < 4.78 is 5.62. The molecule has 0 spiro atoms. The van der Waals surface area contributed by atoms with E-state index in [1.807, 2.05) is 0 Å². The molecule has 0 bridgehead atoms. The zero-order chi connectivity index (χ0) is 19.3. The molecule has 26 heavy (non-hydrogen) atoms. The molecule has 0 saturated heterocycles. The van der Waals surface area contributed by atoms with E-state index in [4.69, 9.17) is 33.0 Å². The molecule has 0 radical (unpaired) electrons. The van der Waals surface area contributed by atoms with Crippen LogP contribution in [0.4, 0.5) is 0 Å². The first kappa shape index (κ1) is 20.3. The molecule has 0 amide bonds. The van der Waals surface area contributed by atoms with Crippen molar-refractivity contribution in [2.45, 2.75) is 18.6 Å². The Hall–Kier alpha value is -2.02. The van der Waals surface area contributed by atoms with Gasteiger partial charge in [-0.1, -0.05) is 35.0 Å². The van der Waals surface area contributed by atoms with Gasteiger partial charge in [0.2, 0.25) is 0 Å². The molecule has 2 rings (SSSR count). The van der Waals surface area contributed by atoms with Crippen LogP contribution in [-0.2, 0) is 9.59 Å². The van der Waals surface area contributed by atoms with Gasteiger partial charge in [0.15, 0.2) is 10.9 Å². The lowest BCUT2D eigenvalue weighted by molar-refractivity contribution is -0.136. The van der Waals surface area contributed by atoms with E-state index >= 15 is 0 Å². The molecule has 0 aliphatic rings. The van der Waals surface area contributed by atoms with E-state index in [1.54, 1.807) is 30.3 Å². The van der Waals surface area contributed by atoms with Crippen molar-refractivity contribution < 1.29 is 24.2 Å². The molecule has 0 aliphatic carbocycles. The van der Waals surface area contributed by atoms with E-state index < -0.39 is 11.2 Å². The Morgan fingerprint density at radius 3 is 2.19 bits per heavy atom. The first-order chi connectivity index (χ1) is 12.3. The minimum absolute atomic E-state index is 0.271. The van der Waals surface area contributed by atoms with Crippen LogP contribution in [-0.4, -0.2) is 27.2 Å². The van der Waals surface area contributed by atoms with Gasteiger partial charge in [-0.25, -0.2) is 0 Å². The summed E-state index contributed by atoms with van der Waals surface area (Å²) in [6.45, 7) is 1.26. The zero-order valence-electron chi connectivity index (χ0n) is 13.6. The average molecular weight is 413 g/mol. The first-order valence-corrected chi connectivity index (χ1v) is 9.06. The van der Waals surface area contributed by atoms with Gasteiger partial charge in [0.05, 0.1) is 10.0 Å². The standard InChI is InChI=1S/C18H14Cl2O5S/c1-10(21)26-17(18(23)24)9-16(22)11-2-4-12(5-3-11)25-13-6-7-14(19)15(20)8-13/h2-8,17H,9H2,1H3,(H,23,24). The smallest absolute Gasteiger partial charge is 0.317 e. The quantitative estimate of drug-likeness (QED) is 0.637. The second kappa shape index (κ2) is 9.07. The Labute approximate surface area is 164 Å². The lowest BCUT2D eigenvalue weighted by atomic mass is 10.1. The number of hydrogen-bond acceptors (Lipinski definition) is 5. The number of carbonyl (C=O) groups excluding carboxylic acids is 2. The number of halogens is 2. The third-order valence-electron chi connectivity index (χ3n) is 3.26. The summed E-state index contributed by atoms with van der Waals surface area (Å²) in [5.74, 6) is -0.597. The second-order valence-corrected chi connectivity index (χ2v) is 7.46. The van der Waals surface area contributed by atoms with Crippen molar-refractivity contribution in [2.24, 2.45) is 0 Å². The maximum absolute atomic E-state index is 12.2. The Bertz CT molecular complexity index is 836. The van der Waals surface area contributed by atoms with Crippen LogP contribution in [0.15, 0.2) is 42.5 Å². The van der Waals surface area contributed by atoms with E-state index in [-0.39, 0.29) is 17.3 Å². The number of ketones is 1. The van der Waals surface area contributed by atoms with Gasteiger partial charge < -0.3 is 9.84 Å². The van der Waals surface area contributed by atoms with Crippen LogP contribution in [0, 0.1) is 0 Å². The molecule has 2 aromatic carbocycles. The SMILES string of the molecule is CC(=O)SC(CC(=O)c1ccc(Oc2ccc(Cl)c(Cl)c2)cc1)C(=O)O. The van der Waals surface area contributed by atoms with Crippen molar-refractivity contribution in [3.05, 3.63) is 58.1 Å². The van der Waals surface area contributed by atoms with E-state index in [1.165, 1.54) is 19.1 Å². The average Bonchev–Trinajstić information content (AvgIpc) is 2.57. The van der Waals surface area contributed by atoms with Gasteiger partial charge in [0, 0.05) is 25.0 Å². The third-order valence-corrected chi connectivity index (χ3v) is 4.98. The Balaban J connectivity index is 2.05. The fourth-order valence-electron chi connectivity index (χ4n) is 2.05. The maximum atomic E-state index is 12.2. The normalized spacial score (nSPS) is 11.7. The van der Waals surface area contributed by atoms with Crippen LogP contribution in [0.1, 0.15) is 23.7 Å². The molecule has 136 valence electrons. The highest BCUT2D eigenvalue weighted by Gasteiger charge is 2.24. The van der Waals surface area contributed by atoms with Gasteiger partial charge >= 0.3 is 5.97 Å². The van der Waals surface area contributed by atoms with Crippen LogP contribution in [0.3, 0.4) is 0 Å². The summed E-state index contributed by atoms with van der Waals surface area (Å²) in [6, 6.07) is 11.1. The highest BCUT2D eigenvalue weighted by atomic mass is 35.5. The van der Waals surface area contributed by atoms with Crippen molar-refractivity contribution in [3.63, 3.8) is 0 Å². The lowest BCUT2D eigenvalue weighted by Crippen LogP contribution is -2.21. The summed E-state index contributed by atoms with van der Waals surface area (Å²) in [6.07, 6.45) is -0.271. The Kier molecular flexibility index (Phi) is 7.08. The van der Waals surface area contributed by atoms with E-state index in [0.717, 1.165) is 0 Å². The van der Waals surface area contributed by atoms with Crippen molar-refractivity contribution in [1.82, 2.24) is 0 Å². The number of aliphatic carboxylic acids is 1. The van der Waals surface area contributed by atoms with Crippen molar-refractivity contribution in [1.29, 1.82) is 0 Å². The number of rotatable bonds is 7. The topological polar surface area (TPSA) is 80.7 Å². The molecule has 5 nitrogen and oxygen atoms in total. The molecule has 1 unspecified atom stereocenters. The number of benzene rings is 2. The third kappa shape index (κ3) is 5.76. The number of thioether (sulfide) groups is 1. The number of ether oxygens (including phenoxy) is 1. The Morgan fingerprint density at radius 1 is 1.04 bits per heavy atom. The van der Waals surface area contributed by atoms with E-state index in [2.05, 4.69) is 0 Å². The minimum atomic E-state index is -1.20. The van der Waals surface area contributed by atoms with Crippen LogP contribution < -0.4 is 4.74 Å². The summed E-state index contributed by atoms with van der Waals surface area (Å²) in [4.78, 5) is 34.5. The van der Waals surface area contributed by atoms with Gasteiger partial charge in [-0.05, 0) is 36.4 Å². The number of carbonyl (C=O) groups is 3. The Morgan fingerprint density at radius 2 is 1.65 bits per heavy atom. The van der Waals surface area contributed by atoms with Gasteiger partial charge in [-0.3, -0.25) is 14.4 Å². The lowest BCUT2D eigenvalue weighted by Gasteiger charge is -2.10. The molecule has 1 atom stereocenters. The molecule has 2 aromatic rings. The summed E-state index contributed by atoms with van der Waals surface area (Å²) in [5, 5.41) is 8.42. The molecule has 0 fully saturated rings. The molecule has 8 heteroatoms. The van der Waals surface area contributed by atoms with Gasteiger partial charge in [0.1, 0.15) is 16.7 Å². The second-order valence-electron chi connectivity index (χ2n) is 5.27. The summed E-state index contributed by atoms with van der Waals surface area (Å²) >= 11 is 12.4. The first-order valence-electron chi connectivity index (χ1n) is 7.42. The van der Waals surface area contributed by atoms with E-state index in [9.17, 15) is 14.4 Å². The van der Waals surface area contributed by atoms with Crippen LogP contribution >= 0.6 is 35.0 Å². The van der Waals surface area contributed by atoms with Crippen LogP contribution in [0.25, 0.3) is 0 Å². The minimum Gasteiger partial charge on any atom is -0.480 e. The molecular formula is C18H14Cl2O5S. The predicted octanol–water partition coefficient (Wildman–Crippen LogP) is 5.09. The number of Topliss-reactive ketones (excluding diaryl/α,β-unsaturated/α-hetero) is 1. The van der Waals surface area contributed by atoms with Crippen molar-refractivity contribution in [3.8, 4) is 11.5 Å². The van der Waals surface area contributed by atoms with Crippen LogP contribution in [0.5, 0.6) is 11.5 Å². The van der Waals surface area contributed by atoms with Crippen LogP contribution in [0.2, 0.25) is 10.0 Å². The largest absolute Gasteiger partial charge is 0.480 e. The fraction of sp³-hybridized carbons (Fsp3) is 0.167. The molecule has 0 aromatic heterocycles. The van der Waals surface area contributed by atoms with Gasteiger partial charge in [-0.15, -0.1) is 0 Å². The summed E-state index contributed by atoms with van der Waals surface area (Å²) in [5.41, 5.74) is 0.335. The fourth-order valence-corrected chi connectivity index (χ4v) is 3.08. The monoisotopic (exact) mass is 412 g/mol. The molecule has 0 heterocycles. The van der Waals surface area contributed by atoms with Gasteiger partial charge in [-0.2, -0.15) is 0 Å². The zero-order valence-corrected chi connectivity index (χ0v) is 15.9. The van der Waals surface area contributed by atoms with Crippen molar-refractivity contribution >= 4 is 51.8 Å². The highest BCUT2D eigenvalue weighted by Crippen LogP contribution is 2.29. The molecule has 0 saturated carbocycles. The summed E-state index contributed by atoms with van der Waals surface area (Å²) in [7, 11) is 0.